The van der Waals surface area contributed by atoms with Crippen LogP contribution in [0.1, 0.15) is 38.8 Å². The molecule has 0 spiro atoms. The Bertz CT molecular complexity index is 909. The Morgan fingerprint density at radius 3 is 2.54 bits per heavy atom. The minimum absolute atomic E-state index is 0.0998. The SMILES string of the molecule is Cc1cc(C)n(Cc2ccc(C(=O)N3CC(c4cccnc4)C3)cc2)n1. The third-order valence-electron chi connectivity index (χ3n) is 4.96. The van der Waals surface area contributed by atoms with Crippen LogP contribution in [0.5, 0.6) is 0 Å². The monoisotopic (exact) mass is 346 g/mol. The minimum atomic E-state index is 0.0998. The van der Waals surface area contributed by atoms with Crippen LogP contribution in [0.4, 0.5) is 0 Å². The third kappa shape index (κ3) is 3.25. The van der Waals surface area contributed by atoms with Gasteiger partial charge in [0, 0.05) is 42.7 Å². The molecule has 4 rings (SSSR count). The van der Waals surface area contributed by atoms with Crippen LogP contribution in [0.25, 0.3) is 0 Å². The molecule has 0 aliphatic carbocycles. The lowest BCUT2D eigenvalue weighted by molar-refractivity contribution is 0.0602. The minimum Gasteiger partial charge on any atom is -0.337 e. The lowest BCUT2D eigenvalue weighted by Gasteiger charge is -2.39. The van der Waals surface area contributed by atoms with E-state index in [1.54, 1.807) is 6.20 Å². The van der Waals surface area contributed by atoms with Gasteiger partial charge in [-0.15, -0.1) is 0 Å². The third-order valence-corrected chi connectivity index (χ3v) is 4.96. The Labute approximate surface area is 153 Å². The molecular formula is C21H22N4O. The van der Waals surface area contributed by atoms with Crippen LogP contribution >= 0.6 is 0 Å². The highest BCUT2D eigenvalue weighted by Crippen LogP contribution is 2.27. The molecule has 132 valence electrons. The van der Waals surface area contributed by atoms with Gasteiger partial charge in [0.25, 0.3) is 5.91 Å². The van der Waals surface area contributed by atoms with Crippen LogP contribution in [-0.2, 0) is 6.54 Å². The highest BCUT2D eigenvalue weighted by Gasteiger charge is 2.32. The van der Waals surface area contributed by atoms with E-state index in [0.717, 1.165) is 42.1 Å². The molecule has 1 fully saturated rings. The first kappa shape index (κ1) is 16.5. The Balaban J connectivity index is 1.38. The summed E-state index contributed by atoms with van der Waals surface area (Å²) >= 11 is 0. The van der Waals surface area contributed by atoms with E-state index in [2.05, 4.69) is 29.1 Å². The molecule has 1 aromatic carbocycles. The van der Waals surface area contributed by atoms with Crippen molar-refractivity contribution in [2.45, 2.75) is 26.3 Å². The van der Waals surface area contributed by atoms with Crippen molar-refractivity contribution >= 4 is 5.91 Å². The van der Waals surface area contributed by atoms with Crippen LogP contribution in [0.3, 0.4) is 0 Å². The predicted octanol–water partition coefficient (Wildman–Crippen LogP) is 3.18. The number of carbonyl (C=O) groups excluding carboxylic acids is 1. The highest BCUT2D eigenvalue weighted by atomic mass is 16.2. The summed E-state index contributed by atoms with van der Waals surface area (Å²) in [5.74, 6) is 0.501. The summed E-state index contributed by atoms with van der Waals surface area (Å²) in [6.45, 7) is 6.30. The van der Waals surface area contributed by atoms with Gasteiger partial charge in [0.1, 0.15) is 0 Å². The lowest BCUT2D eigenvalue weighted by atomic mass is 9.92. The maximum Gasteiger partial charge on any atom is 0.253 e. The van der Waals surface area contributed by atoms with Gasteiger partial charge in [-0.3, -0.25) is 14.5 Å². The summed E-state index contributed by atoms with van der Waals surface area (Å²) in [5.41, 5.74) is 5.26. The molecule has 26 heavy (non-hydrogen) atoms. The number of carbonyl (C=O) groups is 1. The normalized spacial score (nSPS) is 14.3. The van der Waals surface area contributed by atoms with Crippen molar-refractivity contribution in [3.05, 3.63) is 82.9 Å². The number of rotatable bonds is 4. The van der Waals surface area contributed by atoms with E-state index >= 15 is 0 Å². The van der Waals surface area contributed by atoms with Gasteiger partial charge in [0.2, 0.25) is 0 Å². The van der Waals surface area contributed by atoms with Gasteiger partial charge in [-0.25, -0.2) is 0 Å². The number of nitrogens with zero attached hydrogens (tertiary/aromatic N) is 4. The van der Waals surface area contributed by atoms with E-state index in [0.29, 0.717) is 5.92 Å². The fraction of sp³-hybridized carbons (Fsp3) is 0.286. The molecule has 5 nitrogen and oxygen atoms in total. The van der Waals surface area contributed by atoms with E-state index in [4.69, 9.17) is 0 Å². The van der Waals surface area contributed by atoms with Gasteiger partial charge >= 0.3 is 0 Å². The van der Waals surface area contributed by atoms with Gasteiger partial charge in [-0.05, 0) is 49.2 Å². The maximum atomic E-state index is 12.6. The molecule has 5 heteroatoms. The fourth-order valence-corrected chi connectivity index (χ4v) is 3.42. The highest BCUT2D eigenvalue weighted by molar-refractivity contribution is 5.94. The Kier molecular flexibility index (Phi) is 4.29. The predicted molar refractivity (Wildman–Crippen MR) is 100 cm³/mol. The zero-order chi connectivity index (χ0) is 18.1. The van der Waals surface area contributed by atoms with E-state index in [1.807, 2.05) is 53.0 Å². The number of aryl methyl sites for hydroxylation is 2. The number of pyridine rings is 1. The molecule has 3 aromatic rings. The molecule has 1 aliphatic rings. The summed E-state index contributed by atoms with van der Waals surface area (Å²) in [5, 5.41) is 4.49. The summed E-state index contributed by atoms with van der Waals surface area (Å²) in [7, 11) is 0. The van der Waals surface area contributed by atoms with Gasteiger partial charge in [0.15, 0.2) is 0 Å². The number of hydrogen-bond acceptors (Lipinski definition) is 3. The van der Waals surface area contributed by atoms with Crippen molar-refractivity contribution < 1.29 is 4.79 Å². The van der Waals surface area contributed by atoms with Crippen LogP contribution in [0, 0.1) is 13.8 Å². The standard InChI is InChI=1S/C21H22N4O/c1-15-10-16(2)25(23-15)12-17-5-7-18(8-6-17)21(26)24-13-20(14-24)19-4-3-9-22-11-19/h3-11,20H,12-14H2,1-2H3. The first-order valence-electron chi connectivity index (χ1n) is 8.89. The first-order chi connectivity index (χ1) is 12.6. The number of benzene rings is 1. The van der Waals surface area contributed by atoms with Crippen LogP contribution in [0.15, 0.2) is 54.9 Å². The molecule has 0 radical (unpaired) electrons. The summed E-state index contributed by atoms with van der Waals surface area (Å²) in [4.78, 5) is 18.7. The summed E-state index contributed by atoms with van der Waals surface area (Å²) in [6, 6.07) is 14.0. The Hall–Kier alpha value is -2.95. The van der Waals surface area contributed by atoms with E-state index in [9.17, 15) is 4.79 Å². The number of aromatic nitrogens is 3. The van der Waals surface area contributed by atoms with Gasteiger partial charge < -0.3 is 4.90 Å². The summed E-state index contributed by atoms with van der Waals surface area (Å²) < 4.78 is 1.99. The van der Waals surface area contributed by atoms with Crippen molar-refractivity contribution in [3.8, 4) is 0 Å². The zero-order valence-corrected chi connectivity index (χ0v) is 15.1. The lowest BCUT2D eigenvalue weighted by Crippen LogP contribution is -2.48. The van der Waals surface area contributed by atoms with E-state index < -0.39 is 0 Å². The van der Waals surface area contributed by atoms with Crippen molar-refractivity contribution in [1.29, 1.82) is 0 Å². The van der Waals surface area contributed by atoms with Crippen LogP contribution in [-0.4, -0.2) is 38.7 Å². The molecule has 2 aromatic heterocycles. The maximum absolute atomic E-state index is 12.6. The fourth-order valence-electron chi connectivity index (χ4n) is 3.42. The molecule has 1 saturated heterocycles. The van der Waals surface area contributed by atoms with E-state index in [1.165, 1.54) is 5.56 Å². The molecular weight excluding hydrogens is 324 g/mol. The summed E-state index contributed by atoms with van der Waals surface area (Å²) in [6.07, 6.45) is 3.67. The van der Waals surface area contributed by atoms with Crippen molar-refractivity contribution in [2.24, 2.45) is 0 Å². The molecule has 3 heterocycles. The average Bonchev–Trinajstić information content (AvgIpc) is 2.92. The molecule has 1 amide bonds. The zero-order valence-electron chi connectivity index (χ0n) is 15.1. The second-order valence-corrected chi connectivity index (χ2v) is 6.98. The molecule has 0 unspecified atom stereocenters. The second-order valence-electron chi connectivity index (χ2n) is 6.98. The first-order valence-corrected chi connectivity index (χ1v) is 8.89. The Morgan fingerprint density at radius 2 is 1.92 bits per heavy atom. The quantitative estimate of drug-likeness (QED) is 0.729. The molecule has 0 N–H and O–H groups in total. The Morgan fingerprint density at radius 1 is 1.15 bits per heavy atom. The van der Waals surface area contributed by atoms with Crippen LogP contribution in [0.2, 0.25) is 0 Å². The molecule has 0 bridgehead atoms. The second kappa shape index (κ2) is 6.75. The largest absolute Gasteiger partial charge is 0.337 e. The topological polar surface area (TPSA) is 51.0 Å². The van der Waals surface area contributed by atoms with Crippen molar-refractivity contribution in [3.63, 3.8) is 0 Å². The van der Waals surface area contributed by atoms with Gasteiger partial charge in [0.05, 0.1) is 12.2 Å². The van der Waals surface area contributed by atoms with E-state index in [-0.39, 0.29) is 5.91 Å². The molecule has 0 atom stereocenters. The number of likely N-dealkylation sites (tertiary alicyclic amines) is 1. The molecule has 1 aliphatic heterocycles. The smallest absolute Gasteiger partial charge is 0.253 e. The number of amides is 1. The van der Waals surface area contributed by atoms with Crippen molar-refractivity contribution in [2.75, 3.05) is 13.1 Å². The van der Waals surface area contributed by atoms with Gasteiger partial charge in [-0.1, -0.05) is 18.2 Å². The average molecular weight is 346 g/mol. The van der Waals surface area contributed by atoms with Crippen molar-refractivity contribution in [1.82, 2.24) is 19.7 Å². The van der Waals surface area contributed by atoms with Gasteiger partial charge in [-0.2, -0.15) is 5.10 Å². The molecule has 0 saturated carbocycles. The van der Waals surface area contributed by atoms with Crippen LogP contribution < -0.4 is 0 Å². The number of hydrogen-bond donors (Lipinski definition) is 0.